The summed E-state index contributed by atoms with van der Waals surface area (Å²) >= 11 is 0. The van der Waals surface area contributed by atoms with Gasteiger partial charge in [0.05, 0.1) is 0 Å². The van der Waals surface area contributed by atoms with E-state index in [-0.39, 0.29) is 0 Å². The topological polar surface area (TPSA) is 20.2 Å². The molecule has 1 nitrogen and oxygen atoms in total. The van der Waals surface area contributed by atoms with E-state index in [1.165, 1.54) is 38.5 Å². The van der Waals surface area contributed by atoms with Crippen LogP contribution in [0.4, 0.5) is 0 Å². The van der Waals surface area contributed by atoms with Crippen LogP contribution in [-0.2, 0) is 0 Å². The minimum absolute atomic E-state index is 0.404. The van der Waals surface area contributed by atoms with Crippen LogP contribution >= 0.6 is 0 Å². The van der Waals surface area contributed by atoms with Crippen molar-refractivity contribution in [1.29, 1.82) is 0 Å². The zero-order valence-corrected chi connectivity index (χ0v) is 6.47. The van der Waals surface area contributed by atoms with Gasteiger partial charge in [-0.15, -0.1) is 0 Å². The molecule has 0 saturated heterocycles. The van der Waals surface area contributed by atoms with Gasteiger partial charge in [-0.3, -0.25) is 0 Å². The summed E-state index contributed by atoms with van der Waals surface area (Å²) in [6.45, 7) is 0.448. The van der Waals surface area contributed by atoms with Crippen molar-refractivity contribution in [2.45, 2.75) is 38.5 Å². The molecule has 0 aromatic carbocycles. The second-order valence-corrected chi connectivity index (χ2v) is 4.16. The molecule has 0 atom stereocenters. The monoisotopic (exact) mass is 140 g/mol. The average molecular weight is 140 g/mol. The molecule has 0 radical (unpaired) electrons. The van der Waals surface area contributed by atoms with Crippen LogP contribution in [0.5, 0.6) is 0 Å². The highest BCUT2D eigenvalue weighted by molar-refractivity contribution is 4.92. The van der Waals surface area contributed by atoms with Gasteiger partial charge < -0.3 is 5.11 Å². The van der Waals surface area contributed by atoms with Crippen molar-refractivity contribution in [2.75, 3.05) is 6.61 Å². The summed E-state index contributed by atoms with van der Waals surface area (Å²) in [5.41, 5.74) is 0.404. The van der Waals surface area contributed by atoms with E-state index in [1.54, 1.807) is 0 Å². The van der Waals surface area contributed by atoms with Crippen molar-refractivity contribution in [3.63, 3.8) is 0 Å². The Hall–Kier alpha value is -0.0400. The zero-order valence-electron chi connectivity index (χ0n) is 6.47. The Balaban J connectivity index is 1.84. The van der Waals surface area contributed by atoms with E-state index in [1.807, 2.05) is 0 Å². The molecule has 58 valence electrons. The molecule has 0 bridgehead atoms. The summed E-state index contributed by atoms with van der Waals surface area (Å²) in [6, 6.07) is 0. The standard InChI is InChI=1S/C9H16O/c10-7-9(4-1-5-9)6-8-2-3-8/h8,10H,1-7H2. The van der Waals surface area contributed by atoms with Crippen molar-refractivity contribution in [2.24, 2.45) is 11.3 Å². The third-order valence-electron chi connectivity index (χ3n) is 3.17. The van der Waals surface area contributed by atoms with Crippen molar-refractivity contribution in [1.82, 2.24) is 0 Å². The molecule has 0 aromatic heterocycles. The van der Waals surface area contributed by atoms with Crippen LogP contribution in [-0.4, -0.2) is 11.7 Å². The van der Waals surface area contributed by atoms with Gasteiger partial charge in [0.1, 0.15) is 0 Å². The summed E-state index contributed by atoms with van der Waals surface area (Å²) in [7, 11) is 0. The quantitative estimate of drug-likeness (QED) is 0.635. The van der Waals surface area contributed by atoms with E-state index in [0.717, 1.165) is 5.92 Å². The SMILES string of the molecule is OCC1(CC2CC2)CCC1. The molecule has 0 heterocycles. The zero-order chi connectivity index (χ0) is 7.03. The molecule has 1 heteroatoms. The highest BCUT2D eigenvalue weighted by Crippen LogP contribution is 2.50. The van der Waals surface area contributed by atoms with E-state index in [4.69, 9.17) is 5.11 Å². The molecule has 0 unspecified atom stereocenters. The number of hydrogen-bond acceptors (Lipinski definition) is 1. The Morgan fingerprint density at radius 2 is 2.00 bits per heavy atom. The first-order chi connectivity index (χ1) is 4.85. The summed E-state index contributed by atoms with van der Waals surface area (Å²) in [5, 5.41) is 9.11. The predicted octanol–water partition coefficient (Wildman–Crippen LogP) is 1.95. The first-order valence-corrected chi connectivity index (χ1v) is 4.46. The van der Waals surface area contributed by atoms with Crippen molar-refractivity contribution in [3.8, 4) is 0 Å². The molecule has 2 aliphatic rings. The smallest absolute Gasteiger partial charge is 0.0487 e. The summed E-state index contributed by atoms with van der Waals surface area (Å²) in [4.78, 5) is 0. The fourth-order valence-electron chi connectivity index (χ4n) is 2.04. The summed E-state index contributed by atoms with van der Waals surface area (Å²) < 4.78 is 0. The highest BCUT2D eigenvalue weighted by Gasteiger charge is 2.40. The van der Waals surface area contributed by atoms with Gasteiger partial charge in [0.2, 0.25) is 0 Å². The fourth-order valence-corrected chi connectivity index (χ4v) is 2.04. The van der Waals surface area contributed by atoms with Crippen molar-refractivity contribution < 1.29 is 5.11 Å². The first-order valence-electron chi connectivity index (χ1n) is 4.46. The normalized spacial score (nSPS) is 29.7. The fraction of sp³-hybridized carbons (Fsp3) is 1.00. The van der Waals surface area contributed by atoms with Crippen LogP contribution in [0.25, 0.3) is 0 Å². The maximum absolute atomic E-state index is 9.11. The van der Waals surface area contributed by atoms with Crippen LogP contribution in [0, 0.1) is 11.3 Å². The first kappa shape index (κ1) is 6.66. The van der Waals surface area contributed by atoms with Crippen LogP contribution in [0.15, 0.2) is 0 Å². The molecule has 0 aliphatic heterocycles. The number of hydrogen-bond donors (Lipinski definition) is 1. The van der Waals surface area contributed by atoms with Crippen molar-refractivity contribution >= 4 is 0 Å². The van der Waals surface area contributed by atoms with Gasteiger partial charge in [-0.1, -0.05) is 19.3 Å². The minimum atomic E-state index is 0.404. The maximum atomic E-state index is 9.11. The molecule has 0 spiro atoms. The molecule has 2 rings (SSSR count). The lowest BCUT2D eigenvalue weighted by Gasteiger charge is -2.40. The Morgan fingerprint density at radius 1 is 1.30 bits per heavy atom. The average Bonchev–Trinajstić information content (AvgIpc) is 2.62. The van der Waals surface area contributed by atoms with Crippen LogP contribution in [0.1, 0.15) is 38.5 Å². The number of rotatable bonds is 3. The van der Waals surface area contributed by atoms with Gasteiger partial charge >= 0.3 is 0 Å². The molecule has 0 aromatic rings. The molecular formula is C9H16O. The van der Waals surface area contributed by atoms with Crippen LogP contribution in [0.3, 0.4) is 0 Å². The van der Waals surface area contributed by atoms with Crippen LogP contribution < -0.4 is 0 Å². The highest BCUT2D eigenvalue weighted by atomic mass is 16.3. The minimum Gasteiger partial charge on any atom is -0.396 e. The van der Waals surface area contributed by atoms with E-state index < -0.39 is 0 Å². The molecule has 2 saturated carbocycles. The van der Waals surface area contributed by atoms with Gasteiger partial charge in [-0.25, -0.2) is 0 Å². The summed E-state index contributed by atoms with van der Waals surface area (Å²) in [6.07, 6.45) is 8.13. The lowest BCUT2D eigenvalue weighted by molar-refractivity contribution is 0.0307. The van der Waals surface area contributed by atoms with E-state index in [2.05, 4.69) is 0 Å². The molecule has 0 amide bonds. The van der Waals surface area contributed by atoms with Crippen LogP contribution in [0.2, 0.25) is 0 Å². The van der Waals surface area contributed by atoms with E-state index >= 15 is 0 Å². The van der Waals surface area contributed by atoms with E-state index in [0.29, 0.717) is 12.0 Å². The Labute approximate surface area is 62.4 Å². The van der Waals surface area contributed by atoms with Crippen molar-refractivity contribution in [3.05, 3.63) is 0 Å². The molecule has 10 heavy (non-hydrogen) atoms. The molecule has 1 N–H and O–H groups in total. The lowest BCUT2D eigenvalue weighted by atomic mass is 9.66. The molecular weight excluding hydrogens is 124 g/mol. The predicted molar refractivity (Wildman–Crippen MR) is 40.7 cm³/mol. The second kappa shape index (κ2) is 2.23. The molecule has 2 aliphatic carbocycles. The maximum Gasteiger partial charge on any atom is 0.0487 e. The van der Waals surface area contributed by atoms with Gasteiger partial charge in [0.25, 0.3) is 0 Å². The van der Waals surface area contributed by atoms with Gasteiger partial charge in [-0.05, 0) is 30.6 Å². The summed E-state index contributed by atoms with van der Waals surface area (Å²) in [5.74, 6) is 0.993. The Kier molecular flexibility index (Phi) is 1.48. The number of aliphatic hydroxyl groups is 1. The number of aliphatic hydroxyl groups excluding tert-OH is 1. The third kappa shape index (κ3) is 1.07. The van der Waals surface area contributed by atoms with Gasteiger partial charge in [0, 0.05) is 6.61 Å². The second-order valence-electron chi connectivity index (χ2n) is 4.16. The van der Waals surface area contributed by atoms with E-state index in [9.17, 15) is 0 Å². The third-order valence-corrected chi connectivity index (χ3v) is 3.17. The Bertz CT molecular complexity index is 117. The lowest BCUT2D eigenvalue weighted by Crippen LogP contribution is -2.33. The Morgan fingerprint density at radius 3 is 2.30 bits per heavy atom. The van der Waals surface area contributed by atoms with Gasteiger partial charge in [0.15, 0.2) is 0 Å². The molecule has 2 fully saturated rings. The largest absolute Gasteiger partial charge is 0.396 e. The van der Waals surface area contributed by atoms with Gasteiger partial charge in [-0.2, -0.15) is 0 Å².